The molecule has 2 aromatic carbocycles. The Bertz CT molecular complexity index is 1240. The standard InChI is InChI=1S/C27H33N3O5S/c1-3-23(26(32)28-21-9-5-4-6-10-21)29(17-20-15-13-19(2)14-16-20)25(31)18-30-27(33)22-11-7-8-12-24(22)36(30,34)35/h7-8,11-16,21,23H,3-6,9-10,17-18H2,1-2H3,(H,28,32)/t23-/m1/s1. The minimum atomic E-state index is -4.14. The van der Waals surface area contributed by atoms with Gasteiger partial charge in [0.1, 0.15) is 17.5 Å². The summed E-state index contributed by atoms with van der Waals surface area (Å²) in [7, 11) is -4.14. The Morgan fingerprint density at radius 1 is 1.06 bits per heavy atom. The fourth-order valence-corrected chi connectivity index (χ4v) is 6.47. The maximum absolute atomic E-state index is 13.6. The largest absolute Gasteiger partial charge is 0.352 e. The maximum atomic E-state index is 13.6. The predicted octanol–water partition coefficient (Wildman–Crippen LogP) is 3.40. The van der Waals surface area contributed by atoms with Gasteiger partial charge < -0.3 is 10.2 Å². The smallest absolute Gasteiger partial charge is 0.269 e. The topological polar surface area (TPSA) is 104 Å². The van der Waals surface area contributed by atoms with Crippen LogP contribution in [0.4, 0.5) is 0 Å². The highest BCUT2D eigenvalue weighted by Gasteiger charge is 2.43. The van der Waals surface area contributed by atoms with Gasteiger partial charge in [-0.25, -0.2) is 12.7 Å². The molecular weight excluding hydrogens is 478 g/mol. The van der Waals surface area contributed by atoms with E-state index >= 15 is 0 Å². The molecule has 1 aliphatic carbocycles. The highest BCUT2D eigenvalue weighted by atomic mass is 32.2. The number of hydrogen-bond acceptors (Lipinski definition) is 5. The Labute approximate surface area is 212 Å². The van der Waals surface area contributed by atoms with Gasteiger partial charge in [0.05, 0.1) is 5.56 Å². The Balaban J connectivity index is 1.60. The first kappa shape index (κ1) is 25.9. The summed E-state index contributed by atoms with van der Waals surface area (Å²) in [6.45, 7) is 3.26. The second-order valence-corrected chi connectivity index (χ2v) is 11.4. The average Bonchev–Trinajstić information content (AvgIpc) is 3.06. The van der Waals surface area contributed by atoms with E-state index in [0.717, 1.165) is 43.2 Å². The molecule has 0 aromatic heterocycles. The number of benzene rings is 2. The van der Waals surface area contributed by atoms with Crippen LogP contribution in [0.1, 0.15) is 66.9 Å². The van der Waals surface area contributed by atoms with Crippen LogP contribution in [-0.2, 0) is 26.2 Å². The molecule has 0 bridgehead atoms. The first-order chi connectivity index (χ1) is 17.2. The SMILES string of the molecule is CC[C@H](C(=O)NC1CCCCC1)N(Cc1ccc(C)cc1)C(=O)CN1C(=O)c2ccccc2S1(=O)=O. The lowest BCUT2D eigenvalue weighted by atomic mass is 9.95. The summed E-state index contributed by atoms with van der Waals surface area (Å²) < 4.78 is 26.7. The van der Waals surface area contributed by atoms with E-state index in [9.17, 15) is 22.8 Å². The third-order valence-electron chi connectivity index (χ3n) is 7.00. The van der Waals surface area contributed by atoms with Crippen molar-refractivity contribution in [3.05, 3.63) is 65.2 Å². The van der Waals surface area contributed by atoms with Crippen molar-refractivity contribution in [2.75, 3.05) is 6.54 Å². The molecule has 0 unspecified atom stereocenters. The number of nitrogens with zero attached hydrogens (tertiary/aromatic N) is 2. The molecule has 3 amide bonds. The Hall–Kier alpha value is -3.20. The second kappa shape index (κ2) is 10.8. The van der Waals surface area contributed by atoms with Gasteiger partial charge in [-0.2, -0.15) is 0 Å². The van der Waals surface area contributed by atoms with Gasteiger partial charge in [0.2, 0.25) is 11.8 Å². The number of carbonyl (C=O) groups excluding carboxylic acids is 3. The molecule has 0 saturated heterocycles. The Morgan fingerprint density at radius 2 is 1.72 bits per heavy atom. The van der Waals surface area contributed by atoms with Gasteiger partial charge in [0.25, 0.3) is 15.9 Å². The van der Waals surface area contributed by atoms with Crippen molar-refractivity contribution in [2.24, 2.45) is 0 Å². The van der Waals surface area contributed by atoms with Crippen LogP contribution < -0.4 is 5.32 Å². The number of amides is 3. The summed E-state index contributed by atoms with van der Waals surface area (Å²) in [6, 6.07) is 12.8. The molecule has 8 nitrogen and oxygen atoms in total. The van der Waals surface area contributed by atoms with Crippen LogP contribution >= 0.6 is 0 Å². The lowest BCUT2D eigenvalue weighted by Gasteiger charge is -2.33. The lowest BCUT2D eigenvalue weighted by molar-refractivity contribution is -0.141. The molecule has 0 spiro atoms. The zero-order valence-electron chi connectivity index (χ0n) is 20.8. The van der Waals surface area contributed by atoms with E-state index in [4.69, 9.17) is 0 Å². The molecule has 4 rings (SSSR count). The minimum absolute atomic E-state index is 0.0532. The van der Waals surface area contributed by atoms with Crippen molar-refractivity contribution in [1.82, 2.24) is 14.5 Å². The van der Waals surface area contributed by atoms with Crippen molar-refractivity contribution in [3.63, 3.8) is 0 Å². The van der Waals surface area contributed by atoms with Crippen molar-refractivity contribution in [1.29, 1.82) is 0 Å². The van der Waals surface area contributed by atoms with Crippen LogP contribution in [0.15, 0.2) is 53.4 Å². The third kappa shape index (κ3) is 5.31. The van der Waals surface area contributed by atoms with Crippen LogP contribution in [0.25, 0.3) is 0 Å². The molecule has 1 atom stereocenters. The lowest BCUT2D eigenvalue weighted by Crippen LogP contribution is -2.53. The van der Waals surface area contributed by atoms with Gasteiger partial charge in [-0.05, 0) is 43.9 Å². The van der Waals surface area contributed by atoms with Gasteiger partial charge >= 0.3 is 0 Å². The monoisotopic (exact) mass is 511 g/mol. The second-order valence-electron chi connectivity index (χ2n) is 9.59. The van der Waals surface area contributed by atoms with Gasteiger partial charge in [-0.3, -0.25) is 14.4 Å². The van der Waals surface area contributed by atoms with E-state index in [1.54, 1.807) is 12.1 Å². The number of aryl methyl sites for hydroxylation is 1. The van der Waals surface area contributed by atoms with Crippen molar-refractivity contribution in [3.8, 4) is 0 Å². The Morgan fingerprint density at radius 3 is 2.36 bits per heavy atom. The zero-order chi connectivity index (χ0) is 25.9. The van der Waals surface area contributed by atoms with E-state index in [1.165, 1.54) is 17.0 Å². The third-order valence-corrected chi connectivity index (χ3v) is 8.79. The first-order valence-corrected chi connectivity index (χ1v) is 14.0. The van der Waals surface area contributed by atoms with Crippen LogP contribution in [0.3, 0.4) is 0 Å². The molecular formula is C27H33N3O5S. The number of nitrogens with one attached hydrogen (secondary N) is 1. The quantitative estimate of drug-likeness (QED) is 0.585. The van der Waals surface area contributed by atoms with E-state index in [2.05, 4.69) is 5.32 Å². The summed E-state index contributed by atoms with van der Waals surface area (Å²) in [6.07, 6.45) is 5.45. The van der Waals surface area contributed by atoms with Crippen LogP contribution in [-0.4, -0.2) is 54.0 Å². The highest BCUT2D eigenvalue weighted by molar-refractivity contribution is 7.90. The van der Waals surface area contributed by atoms with Gasteiger partial charge in [-0.15, -0.1) is 0 Å². The molecule has 9 heteroatoms. The molecule has 1 heterocycles. The van der Waals surface area contributed by atoms with Gasteiger partial charge in [-0.1, -0.05) is 68.1 Å². The number of hydrogen-bond donors (Lipinski definition) is 1. The summed E-state index contributed by atoms with van der Waals surface area (Å²) >= 11 is 0. The van der Waals surface area contributed by atoms with Gasteiger partial charge in [0.15, 0.2) is 0 Å². The predicted molar refractivity (Wildman–Crippen MR) is 135 cm³/mol. The fraction of sp³-hybridized carbons (Fsp3) is 0.444. The minimum Gasteiger partial charge on any atom is -0.352 e. The van der Waals surface area contributed by atoms with Crippen LogP contribution in [0.2, 0.25) is 0 Å². The van der Waals surface area contributed by atoms with E-state index in [-0.39, 0.29) is 29.0 Å². The Kier molecular flexibility index (Phi) is 7.78. The summed E-state index contributed by atoms with van der Waals surface area (Å²) in [4.78, 5) is 41.2. The van der Waals surface area contributed by atoms with E-state index in [0.29, 0.717) is 10.7 Å². The first-order valence-electron chi connectivity index (χ1n) is 12.5. The van der Waals surface area contributed by atoms with Crippen molar-refractivity contribution < 1.29 is 22.8 Å². The number of fused-ring (bicyclic) bond motifs is 1. The summed E-state index contributed by atoms with van der Waals surface area (Å²) in [5, 5.41) is 3.10. The molecule has 1 fully saturated rings. The molecule has 2 aromatic rings. The summed E-state index contributed by atoms with van der Waals surface area (Å²) in [5.74, 6) is -1.57. The van der Waals surface area contributed by atoms with Crippen molar-refractivity contribution >= 4 is 27.7 Å². The normalized spacial score (nSPS) is 17.9. The molecule has 1 saturated carbocycles. The number of carbonyl (C=O) groups is 3. The van der Waals surface area contributed by atoms with Crippen LogP contribution in [0.5, 0.6) is 0 Å². The molecule has 0 radical (unpaired) electrons. The zero-order valence-corrected chi connectivity index (χ0v) is 21.6. The van der Waals surface area contributed by atoms with Crippen LogP contribution in [0, 0.1) is 6.92 Å². The van der Waals surface area contributed by atoms with Gasteiger partial charge in [0, 0.05) is 12.6 Å². The van der Waals surface area contributed by atoms with Crippen molar-refractivity contribution in [2.45, 2.75) is 75.9 Å². The molecule has 192 valence electrons. The number of rotatable bonds is 8. The molecule has 1 N–H and O–H groups in total. The maximum Gasteiger partial charge on any atom is 0.269 e. The summed E-state index contributed by atoms with van der Waals surface area (Å²) in [5.41, 5.74) is 1.93. The van der Waals surface area contributed by atoms with E-state index < -0.39 is 34.4 Å². The molecule has 2 aliphatic rings. The molecule has 36 heavy (non-hydrogen) atoms. The molecule has 1 aliphatic heterocycles. The highest BCUT2D eigenvalue weighted by Crippen LogP contribution is 2.30. The average molecular weight is 512 g/mol. The fourth-order valence-electron chi connectivity index (χ4n) is 4.95. The number of sulfonamides is 1. The van der Waals surface area contributed by atoms with E-state index in [1.807, 2.05) is 38.1 Å².